The molecule has 22 heteroatoms. The first-order valence-electron chi connectivity index (χ1n) is 22.3. The first-order chi connectivity index (χ1) is 32.0. The monoisotopic (exact) mass is 1040 g/mol. The Kier molecular flexibility index (Phi) is 17.0. The predicted molar refractivity (Wildman–Crippen MR) is 253 cm³/mol. The van der Waals surface area contributed by atoms with Crippen molar-refractivity contribution in [3.63, 3.8) is 0 Å². The van der Waals surface area contributed by atoms with Crippen molar-refractivity contribution in [2.45, 2.75) is 114 Å². The summed E-state index contributed by atoms with van der Waals surface area (Å²) in [6.07, 6.45) is 3.99. The third-order valence-corrected chi connectivity index (χ3v) is 13.0. The number of rotatable bonds is 10. The van der Waals surface area contributed by atoms with Crippen LogP contribution in [0.3, 0.4) is 0 Å². The number of amides is 8. The SMILES string of the molecule is CC[C@H](C)[C@@H]1NC(=O)[C@H](CC(N)=O)NC(=O)[C@@H](N)CC(=O)NCCCC[C@@H](C(N)=O)NC(=O)[C@H](Cc2c[nH]c3ccccc23)NC(=O)[C@@H]2C[C@H](n3cc(Cc4ccc(I)cc4)nn3)CN2C1=O. The number of carbonyl (C=O) groups excluding carboxylic acids is 8. The van der Waals surface area contributed by atoms with Gasteiger partial charge in [-0.25, -0.2) is 4.68 Å². The number of benzene rings is 2. The zero-order valence-corrected chi connectivity index (χ0v) is 39.5. The summed E-state index contributed by atoms with van der Waals surface area (Å²) in [6, 6.07) is 6.82. The van der Waals surface area contributed by atoms with Crippen LogP contribution in [0.4, 0.5) is 0 Å². The van der Waals surface area contributed by atoms with Gasteiger partial charge in [-0.1, -0.05) is 55.8 Å². The molecule has 8 atom stereocenters. The highest BCUT2D eigenvalue weighted by Gasteiger charge is 2.45. The number of H-pyrrole nitrogens is 1. The normalized spacial score (nSPS) is 24.7. The maximum atomic E-state index is 15.0. The zero-order valence-electron chi connectivity index (χ0n) is 37.3. The largest absolute Gasteiger partial charge is 0.370 e. The summed E-state index contributed by atoms with van der Waals surface area (Å²) in [6.45, 7) is 3.59. The van der Waals surface area contributed by atoms with Crippen LogP contribution in [0.25, 0.3) is 10.9 Å². The summed E-state index contributed by atoms with van der Waals surface area (Å²) < 4.78 is 2.67. The second-order valence-corrected chi connectivity index (χ2v) is 18.5. The van der Waals surface area contributed by atoms with Crippen molar-refractivity contribution in [3.05, 3.63) is 81.3 Å². The molecule has 358 valence electrons. The van der Waals surface area contributed by atoms with Crippen LogP contribution >= 0.6 is 22.6 Å². The molecule has 0 unspecified atom stereocenters. The van der Waals surface area contributed by atoms with Gasteiger partial charge in [0.1, 0.15) is 30.2 Å². The van der Waals surface area contributed by atoms with Crippen LogP contribution in [0.1, 0.15) is 81.7 Å². The lowest BCUT2D eigenvalue weighted by Crippen LogP contribution is -2.60. The summed E-state index contributed by atoms with van der Waals surface area (Å²) >= 11 is 2.22. The van der Waals surface area contributed by atoms with Crippen LogP contribution in [0, 0.1) is 9.49 Å². The van der Waals surface area contributed by atoms with E-state index in [0.29, 0.717) is 36.9 Å². The number of halogens is 1. The van der Waals surface area contributed by atoms with Crippen molar-refractivity contribution < 1.29 is 38.4 Å². The first kappa shape index (κ1) is 50.0. The first-order valence-corrected chi connectivity index (χ1v) is 23.4. The Morgan fingerprint density at radius 3 is 2.33 bits per heavy atom. The van der Waals surface area contributed by atoms with Gasteiger partial charge in [0.05, 0.1) is 30.6 Å². The molecular formula is C45H58IN13O8. The minimum absolute atomic E-state index is 0.0190. The van der Waals surface area contributed by atoms with Gasteiger partial charge in [0.15, 0.2) is 0 Å². The molecule has 2 fully saturated rings. The molecule has 21 nitrogen and oxygen atoms in total. The lowest BCUT2D eigenvalue weighted by molar-refractivity contribution is -0.143. The number of nitrogens with one attached hydrogen (secondary N) is 6. The van der Waals surface area contributed by atoms with E-state index >= 15 is 4.79 Å². The molecule has 12 N–H and O–H groups in total. The van der Waals surface area contributed by atoms with Crippen molar-refractivity contribution in [1.82, 2.24) is 51.5 Å². The lowest BCUT2D eigenvalue weighted by atomic mass is 9.96. The van der Waals surface area contributed by atoms with E-state index in [9.17, 15) is 33.6 Å². The minimum atomic E-state index is -1.57. The standard InChI is InChI=1S/C45H58IN13O8/c1-3-24(2)39-45(67)58-23-29(59-22-28(56-57-59)16-25-11-13-27(46)14-12-25)18-36(58)44(66)54-34(17-26-21-51-32-9-5-4-8-30(26)32)42(64)52-33(40(49)62)10-6-7-15-50-38(61)19-31(47)41(63)53-35(20-37(48)60)43(65)55-39/h4-5,8-9,11-14,21-22,24,29,31,33-36,39,51H,3,6-7,10,15-20,23,47H2,1-2H3,(H2,48,60)(H2,49,62)(H,50,61)(H,52,64)(H,53,63)(H,54,66)(H,55,65)/t24-,29-,31-,33-,34-,35-,36-,39-/m0/s1. The van der Waals surface area contributed by atoms with E-state index in [-0.39, 0.29) is 32.4 Å². The molecule has 2 aromatic carbocycles. The topological polar surface area (TPSA) is 325 Å². The maximum absolute atomic E-state index is 15.0. The number of hydrogen-bond acceptors (Lipinski definition) is 11. The molecule has 0 radical (unpaired) electrons. The van der Waals surface area contributed by atoms with E-state index in [1.54, 1.807) is 30.9 Å². The van der Waals surface area contributed by atoms with E-state index in [0.717, 1.165) is 20.0 Å². The van der Waals surface area contributed by atoms with Crippen LogP contribution < -0.4 is 43.8 Å². The molecule has 8 amide bonds. The number of aromatic amines is 1. The van der Waals surface area contributed by atoms with Gasteiger partial charge in [0.25, 0.3) is 0 Å². The van der Waals surface area contributed by atoms with Gasteiger partial charge in [0.2, 0.25) is 47.3 Å². The van der Waals surface area contributed by atoms with Crippen LogP contribution in [0.2, 0.25) is 0 Å². The third-order valence-electron chi connectivity index (χ3n) is 12.3. The number of hydrogen-bond donors (Lipinski definition) is 9. The number of para-hydroxylation sites is 1. The van der Waals surface area contributed by atoms with Crippen molar-refractivity contribution in [2.24, 2.45) is 23.1 Å². The smallest absolute Gasteiger partial charge is 0.246 e. The Bertz CT molecular complexity index is 2460. The van der Waals surface area contributed by atoms with Gasteiger partial charge in [-0.05, 0) is 77.1 Å². The average Bonchev–Trinajstić information content (AvgIpc) is 4.06. The summed E-state index contributed by atoms with van der Waals surface area (Å²) in [5.74, 6) is -6.78. The molecular weight excluding hydrogens is 977 g/mol. The second kappa shape index (κ2) is 22.8. The van der Waals surface area contributed by atoms with Crippen molar-refractivity contribution in [3.8, 4) is 0 Å². The molecule has 67 heavy (non-hydrogen) atoms. The van der Waals surface area contributed by atoms with E-state index in [1.165, 1.54) is 4.90 Å². The predicted octanol–water partition coefficient (Wildman–Crippen LogP) is -0.297. The van der Waals surface area contributed by atoms with Crippen molar-refractivity contribution in [1.29, 1.82) is 0 Å². The van der Waals surface area contributed by atoms with Gasteiger partial charge in [-0.2, -0.15) is 0 Å². The van der Waals surface area contributed by atoms with E-state index in [2.05, 4.69) is 64.5 Å². The fourth-order valence-electron chi connectivity index (χ4n) is 8.31. The molecule has 0 saturated carbocycles. The fourth-order valence-corrected chi connectivity index (χ4v) is 8.67. The Balaban J connectivity index is 1.37. The highest BCUT2D eigenvalue weighted by Crippen LogP contribution is 2.30. The lowest BCUT2D eigenvalue weighted by Gasteiger charge is -2.33. The maximum Gasteiger partial charge on any atom is 0.246 e. The van der Waals surface area contributed by atoms with Gasteiger partial charge >= 0.3 is 0 Å². The van der Waals surface area contributed by atoms with E-state index in [4.69, 9.17) is 17.2 Å². The van der Waals surface area contributed by atoms with Crippen molar-refractivity contribution >= 4 is 80.8 Å². The fraction of sp³-hybridized carbons (Fsp3) is 0.467. The van der Waals surface area contributed by atoms with Crippen LogP contribution in [-0.2, 0) is 51.2 Å². The summed E-state index contributed by atoms with van der Waals surface area (Å²) in [4.78, 5) is 114. The molecule has 0 spiro atoms. The Morgan fingerprint density at radius 2 is 1.61 bits per heavy atom. The molecule has 4 aromatic rings. The summed E-state index contributed by atoms with van der Waals surface area (Å²) in [7, 11) is 0. The summed E-state index contributed by atoms with van der Waals surface area (Å²) in [5, 5.41) is 23.0. The Labute approximate surface area is 400 Å². The highest BCUT2D eigenvalue weighted by atomic mass is 127. The molecule has 0 bridgehead atoms. The van der Waals surface area contributed by atoms with Crippen LogP contribution in [0.15, 0.2) is 60.9 Å². The molecule has 2 aliphatic rings. The summed E-state index contributed by atoms with van der Waals surface area (Å²) in [5.41, 5.74) is 20.5. The van der Waals surface area contributed by atoms with Gasteiger partial charge < -0.3 is 53.7 Å². The number of fused-ring (bicyclic) bond motifs is 2. The van der Waals surface area contributed by atoms with Gasteiger partial charge in [0, 0.05) is 59.2 Å². The van der Waals surface area contributed by atoms with Gasteiger partial charge in [-0.15, -0.1) is 5.10 Å². The molecule has 2 aromatic heterocycles. The third kappa shape index (κ3) is 13.1. The van der Waals surface area contributed by atoms with E-state index in [1.807, 2.05) is 48.5 Å². The van der Waals surface area contributed by atoms with Crippen LogP contribution in [-0.4, -0.2) is 121 Å². The number of nitrogens with zero attached hydrogens (tertiary/aromatic N) is 4. The quantitative estimate of drug-likeness (QED) is 0.0930. The van der Waals surface area contributed by atoms with Crippen molar-refractivity contribution in [2.75, 3.05) is 13.1 Å². The Morgan fingerprint density at radius 1 is 0.896 bits per heavy atom. The molecule has 4 heterocycles. The molecule has 2 aliphatic heterocycles. The molecule has 2 saturated heterocycles. The molecule has 6 rings (SSSR count). The number of aromatic nitrogens is 4. The molecule has 0 aliphatic carbocycles. The number of nitrogens with two attached hydrogens (primary N) is 3. The minimum Gasteiger partial charge on any atom is -0.370 e. The Hall–Kier alpha value is -6.43. The zero-order chi connectivity index (χ0) is 48.4. The van der Waals surface area contributed by atoms with Gasteiger partial charge in [-0.3, -0.25) is 38.4 Å². The highest BCUT2D eigenvalue weighted by molar-refractivity contribution is 14.1. The van der Waals surface area contributed by atoms with E-state index < -0.39 is 108 Å². The van der Waals surface area contributed by atoms with Crippen LogP contribution in [0.5, 0.6) is 0 Å². The second-order valence-electron chi connectivity index (χ2n) is 17.2. The number of primary amides is 2. The average molecular weight is 1040 g/mol. The number of carbonyl (C=O) groups is 8.